The van der Waals surface area contributed by atoms with E-state index in [1.54, 1.807) is 30.3 Å². The largest absolute Gasteiger partial charge is 0.481 e. The highest BCUT2D eigenvalue weighted by atomic mass is 16.4. The number of unbranched alkanes of at least 4 members (excludes halogenated alkanes) is 7. The van der Waals surface area contributed by atoms with Gasteiger partial charge in [0.1, 0.15) is 0 Å². The second-order valence-corrected chi connectivity index (χ2v) is 7.44. The van der Waals surface area contributed by atoms with Crippen molar-refractivity contribution in [3.8, 4) is 0 Å². The Bertz CT molecular complexity index is 736. The summed E-state index contributed by atoms with van der Waals surface area (Å²) in [6.45, 7) is 2.21. The molecule has 0 saturated heterocycles. The van der Waals surface area contributed by atoms with Crippen LogP contribution in [0.15, 0.2) is 54.6 Å². The van der Waals surface area contributed by atoms with E-state index in [0.717, 1.165) is 19.3 Å². The fourth-order valence-electron chi connectivity index (χ4n) is 3.65. The van der Waals surface area contributed by atoms with Crippen LogP contribution in [-0.4, -0.2) is 16.9 Å². The first-order valence-electron chi connectivity index (χ1n) is 10.6. The summed E-state index contributed by atoms with van der Waals surface area (Å²) in [6.07, 6.45) is 9.98. The van der Waals surface area contributed by atoms with Crippen LogP contribution in [0.4, 0.5) is 0 Å². The fraction of sp³-hybridized carbons (Fsp3) is 0.440. The van der Waals surface area contributed by atoms with Gasteiger partial charge in [0.15, 0.2) is 5.78 Å². The van der Waals surface area contributed by atoms with E-state index >= 15 is 0 Å². The molecule has 0 radical (unpaired) electrons. The summed E-state index contributed by atoms with van der Waals surface area (Å²) in [7, 11) is 0. The molecule has 0 bridgehead atoms. The molecule has 0 aromatic heterocycles. The van der Waals surface area contributed by atoms with Crippen LogP contribution in [0.3, 0.4) is 0 Å². The van der Waals surface area contributed by atoms with Gasteiger partial charge in [0, 0.05) is 11.1 Å². The topological polar surface area (TPSA) is 54.4 Å². The zero-order valence-corrected chi connectivity index (χ0v) is 16.9. The molecule has 2 aromatic carbocycles. The van der Waals surface area contributed by atoms with Gasteiger partial charge in [-0.25, -0.2) is 0 Å². The molecule has 0 aliphatic carbocycles. The molecule has 2 rings (SSSR count). The normalized spacial score (nSPS) is 11.9. The molecule has 0 amide bonds. The van der Waals surface area contributed by atoms with E-state index in [-0.39, 0.29) is 5.78 Å². The van der Waals surface area contributed by atoms with Gasteiger partial charge in [0.05, 0.1) is 5.92 Å². The van der Waals surface area contributed by atoms with Gasteiger partial charge in [-0.15, -0.1) is 0 Å². The minimum atomic E-state index is -0.851. The lowest BCUT2D eigenvalue weighted by molar-refractivity contribution is -0.139. The van der Waals surface area contributed by atoms with Crippen LogP contribution in [0.25, 0.3) is 0 Å². The highest BCUT2D eigenvalue weighted by Crippen LogP contribution is 2.28. The zero-order chi connectivity index (χ0) is 20.2. The second kappa shape index (κ2) is 12.1. The number of carbonyl (C=O) groups excluding carboxylic acids is 1. The summed E-state index contributed by atoms with van der Waals surface area (Å²) >= 11 is 0. The lowest BCUT2D eigenvalue weighted by Crippen LogP contribution is -2.16. The molecule has 1 atom stereocenters. The first-order valence-corrected chi connectivity index (χ1v) is 10.6. The monoisotopic (exact) mass is 380 g/mol. The van der Waals surface area contributed by atoms with E-state index in [0.29, 0.717) is 23.1 Å². The third-order valence-electron chi connectivity index (χ3n) is 5.26. The highest BCUT2D eigenvalue weighted by molar-refractivity contribution is 6.10. The third kappa shape index (κ3) is 6.63. The molecule has 0 spiro atoms. The molecule has 3 nitrogen and oxygen atoms in total. The number of rotatable bonds is 13. The van der Waals surface area contributed by atoms with Crippen molar-refractivity contribution in [1.82, 2.24) is 0 Å². The maximum absolute atomic E-state index is 12.9. The van der Waals surface area contributed by atoms with Crippen molar-refractivity contribution >= 4 is 11.8 Å². The predicted octanol–water partition coefficient (Wildman–Crippen LogP) is 6.62. The van der Waals surface area contributed by atoms with Crippen molar-refractivity contribution in [3.05, 3.63) is 71.3 Å². The molecule has 0 aliphatic rings. The molecule has 2 aromatic rings. The molecule has 0 heterocycles. The van der Waals surface area contributed by atoms with E-state index in [9.17, 15) is 14.7 Å². The lowest BCUT2D eigenvalue weighted by atomic mass is 9.87. The van der Waals surface area contributed by atoms with Crippen molar-refractivity contribution in [1.29, 1.82) is 0 Å². The van der Waals surface area contributed by atoms with E-state index in [1.807, 2.05) is 24.3 Å². The summed E-state index contributed by atoms with van der Waals surface area (Å²) in [5.74, 6) is -1.60. The van der Waals surface area contributed by atoms with Gasteiger partial charge in [0.2, 0.25) is 0 Å². The number of carboxylic acid groups (broad SMARTS) is 1. The quantitative estimate of drug-likeness (QED) is 0.314. The van der Waals surface area contributed by atoms with Crippen molar-refractivity contribution in [2.24, 2.45) is 0 Å². The van der Waals surface area contributed by atoms with Crippen molar-refractivity contribution in [2.75, 3.05) is 0 Å². The minimum absolute atomic E-state index is 0.113. The molecule has 1 N–H and O–H groups in total. The summed E-state index contributed by atoms with van der Waals surface area (Å²) in [4.78, 5) is 24.8. The van der Waals surface area contributed by atoms with Crippen LogP contribution >= 0.6 is 0 Å². The lowest BCUT2D eigenvalue weighted by Gasteiger charge is -2.16. The van der Waals surface area contributed by atoms with Crippen LogP contribution in [0, 0.1) is 0 Å². The molecule has 1 unspecified atom stereocenters. The number of benzene rings is 2. The van der Waals surface area contributed by atoms with Gasteiger partial charge in [-0.3, -0.25) is 9.59 Å². The van der Waals surface area contributed by atoms with Gasteiger partial charge < -0.3 is 5.11 Å². The van der Waals surface area contributed by atoms with Gasteiger partial charge in [0.25, 0.3) is 0 Å². The summed E-state index contributed by atoms with van der Waals surface area (Å²) in [6, 6.07) is 16.2. The zero-order valence-electron chi connectivity index (χ0n) is 16.9. The van der Waals surface area contributed by atoms with E-state index in [4.69, 9.17) is 0 Å². The minimum Gasteiger partial charge on any atom is -0.481 e. The number of hydrogen-bond acceptors (Lipinski definition) is 2. The van der Waals surface area contributed by atoms with Gasteiger partial charge in [-0.2, -0.15) is 0 Å². The smallest absolute Gasteiger partial charge is 0.310 e. The Morgan fingerprint density at radius 1 is 0.786 bits per heavy atom. The molecule has 150 valence electrons. The Kier molecular flexibility index (Phi) is 9.47. The molecule has 0 saturated carbocycles. The highest BCUT2D eigenvalue weighted by Gasteiger charge is 2.25. The maximum Gasteiger partial charge on any atom is 0.310 e. The second-order valence-electron chi connectivity index (χ2n) is 7.44. The van der Waals surface area contributed by atoms with Crippen LogP contribution < -0.4 is 0 Å². The summed E-state index contributed by atoms with van der Waals surface area (Å²) in [5, 5.41) is 9.79. The van der Waals surface area contributed by atoms with Crippen LogP contribution in [-0.2, 0) is 4.79 Å². The number of carbonyl (C=O) groups is 2. The standard InChI is InChI=1S/C25H32O3/c1-2-3-4-5-6-7-8-12-19-23(25(27)28)21-17-13-14-18-22(21)24(26)20-15-10-9-11-16-20/h9-11,13-18,23H,2-8,12,19H2,1H3,(H,27,28). The van der Waals surface area contributed by atoms with Crippen LogP contribution in [0.1, 0.15) is 92.1 Å². The summed E-state index contributed by atoms with van der Waals surface area (Å²) in [5.41, 5.74) is 1.72. The van der Waals surface area contributed by atoms with Crippen LogP contribution in [0.5, 0.6) is 0 Å². The Hall–Kier alpha value is -2.42. The van der Waals surface area contributed by atoms with E-state index in [2.05, 4.69) is 6.92 Å². The first-order chi connectivity index (χ1) is 13.6. The SMILES string of the molecule is CCCCCCCCCCC(C(=O)O)c1ccccc1C(=O)c1ccccc1. The average molecular weight is 381 g/mol. The predicted molar refractivity (Wildman–Crippen MR) is 114 cm³/mol. The Morgan fingerprint density at radius 2 is 1.36 bits per heavy atom. The molecule has 3 heteroatoms. The van der Waals surface area contributed by atoms with Crippen molar-refractivity contribution in [2.45, 2.75) is 70.6 Å². The maximum atomic E-state index is 12.9. The Balaban J connectivity index is 2.00. The molecule has 28 heavy (non-hydrogen) atoms. The van der Waals surface area contributed by atoms with Crippen molar-refractivity contribution < 1.29 is 14.7 Å². The van der Waals surface area contributed by atoms with Gasteiger partial charge >= 0.3 is 5.97 Å². The van der Waals surface area contributed by atoms with E-state index < -0.39 is 11.9 Å². The first kappa shape index (κ1) is 21.9. The number of carboxylic acids is 1. The number of hydrogen-bond donors (Lipinski definition) is 1. The number of aliphatic carboxylic acids is 1. The average Bonchev–Trinajstić information content (AvgIpc) is 2.72. The molecule has 0 fully saturated rings. The summed E-state index contributed by atoms with van der Waals surface area (Å²) < 4.78 is 0. The molecular formula is C25H32O3. The van der Waals surface area contributed by atoms with Gasteiger partial charge in [-0.1, -0.05) is 113 Å². The van der Waals surface area contributed by atoms with Crippen molar-refractivity contribution in [3.63, 3.8) is 0 Å². The Labute approximate surface area is 168 Å². The third-order valence-corrected chi connectivity index (χ3v) is 5.26. The van der Waals surface area contributed by atoms with Crippen LogP contribution in [0.2, 0.25) is 0 Å². The number of ketones is 1. The molecular weight excluding hydrogens is 348 g/mol. The Morgan fingerprint density at radius 3 is 2.00 bits per heavy atom. The van der Waals surface area contributed by atoms with Gasteiger partial charge in [-0.05, 0) is 12.0 Å². The molecule has 0 aliphatic heterocycles. The van der Waals surface area contributed by atoms with E-state index in [1.165, 1.54) is 32.1 Å². The fourth-order valence-corrected chi connectivity index (χ4v) is 3.65.